The lowest BCUT2D eigenvalue weighted by atomic mass is 10.1. The van der Waals surface area contributed by atoms with Crippen LogP contribution in [0.15, 0.2) is 52.9 Å². The summed E-state index contributed by atoms with van der Waals surface area (Å²) in [4.78, 5) is 15.3. The van der Waals surface area contributed by atoms with Gasteiger partial charge in [0.2, 0.25) is 0 Å². The van der Waals surface area contributed by atoms with Gasteiger partial charge in [-0.25, -0.2) is 8.42 Å². The number of anilines is 1. The predicted molar refractivity (Wildman–Crippen MR) is 120 cm³/mol. The van der Waals surface area contributed by atoms with Gasteiger partial charge in [0.25, 0.3) is 5.91 Å². The number of nitrogens with one attached hydrogen (secondary N) is 1. The molecule has 1 fully saturated rings. The first-order valence-corrected chi connectivity index (χ1v) is 12.3. The number of para-hydroxylation sites is 1. The molecule has 8 heteroatoms. The Morgan fingerprint density at radius 1 is 1.10 bits per heavy atom. The fourth-order valence-electron chi connectivity index (χ4n) is 3.83. The number of ether oxygens (including phenoxy) is 1. The molecule has 1 aliphatic heterocycles. The largest absolute Gasteiger partial charge is 0.451 e. The smallest absolute Gasteiger partial charge is 0.287 e. The summed E-state index contributed by atoms with van der Waals surface area (Å²) in [7, 11) is -3.34. The fraction of sp³-hybridized carbons (Fsp3) is 0.348. The van der Waals surface area contributed by atoms with Gasteiger partial charge >= 0.3 is 0 Å². The summed E-state index contributed by atoms with van der Waals surface area (Å²) in [6, 6.07) is 14.9. The van der Waals surface area contributed by atoms with Crippen LogP contribution in [0.1, 0.15) is 34.6 Å². The first-order chi connectivity index (χ1) is 14.8. The molecular formula is C23H26N2O5S. The molecule has 1 aromatic heterocycles. The molecule has 1 saturated heterocycles. The van der Waals surface area contributed by atoms with Gasteiger partial charge in [0.1, 0.15) is 5.58 Å². The maximum absolute atomic E-state index is 13.0. The van der Waals surface area contributed by atoms with Gasteiger partial charge in [-0.05, 0) is 30.7 Å². The van der Waals surface area contributed by atoms with Crippen molar-refractivity contribution in [3.05, 3.63) is 65.4 Å². The fourth-order valence-corrected chi connectivity index (χ4v) is 4.64. The van der Waals surface area contributed by atoms with Crippen LogP contribution in [0.4, 0.5) is 5.69 Å². The number of sulfone groups is 1. The molecule has 1 atom stereocenters. The number of furan rings is 1. The molecule has 164 valence electrons. The van der Waals surface area contributed by atoms with E-state index in [0.29, 0.717) is 16.5 Å². The highest BCUT2D eigenvalue weighted by atomic mass is 32.2. The average molecular weight is 443 g/mol. The molecule has 3 aromatic rings. The Morgan fingerprint density at radius 3 is 2.45 bits per heavy atom. The number of carbonyl (C=O) groups is 1. The molecule has 1 unspecified atom stereocenters. The second kappa shape index (κ2) is 8.72. The molecule has 1 N–H and O–H groups in total. The summed E-state index contributed by atoms with van der Waals surface area (Å²) in [5.41, 5.74) is 2.96. The Labute approximate surface area is 181 Å². The van der Waals surface area contributed by atoms with E-state index in [1.54, 1.807) is 24.3 Å². The number of fused-ring (bicyclic) bond motifs is 1. The van der Waals surface area contributed by atoms with E-state index in [2.05, 4.69) is 10.2 Å². The molecule has 2 heterocycles. The Balaban J connectivity index is 1.54. The van der Waals surface area contributed by atoms with Crippen molar-refractivity contribution >= 4 is 32.4 Å². The molecule has 31 heavy (non-hydrogen) atoms. The van der Waals surface area contributed by atoms with E-state index in [4.69, 9.17) is 9.15 Å². The molecule has 1 amide bonds. The second-order valence-corrected chi connectivity index (χ2v) is 10.0. The number of amides is 1. The molecule has 4 rings (SSSR count). The second-order valence-electron chi connectivity index (χ2n) is 7.86. The monoisotopic (exact) mass is 442 g/mol. The van der Waals surface area contributed by atoms with E-state index < -0.39 is 15.7 Å². The van der Waals surface area contributed by atoms with Gasteiger partial charge in [-0.3, -0.25) is 4.79 Å². The van der Waals surface area contributed by atoms with Gasteiger partial charge in [-0.1, -0.05) is 30.3 Å². The first-order valence-electron chi connectivity index (χ1n) is 10.2. The van der Waals surface area contributed by atoms with Crippen LogP contribution in [0.5, 0.6) is 0 Å². The Bertz CT molecular complexity index is 1180. The Hall–Kier alpha value is -2.84. The standard InChI is InChI=1S/C23H26N2O5S/c1-16(17-7-9-18(10-8-17)25-11-13-29-14-12-25)24-23(26)22-20(15-31(2,27)28)19-5-3-4-6-21(19)30-22/h3-10,16H,11-15H2,1-2H3,(H,24,26). The molecule has 7 nitrogen and oxygen atoms in total. The van der Waals surface area contributed by atoms with Crippen LogP contribution in [0.3, 0.4) is 0 Å². The third-order valence-corrected chi connectivity index (χ3v) is 6.24. The molecule has 0 saturated carbocycles. The molecule has 0 spiro atoms. The van der Waals surface area contributed by atoms with Crippen LogP contribution in [-0.4, -0.2) is 46.9 Å². The van der Waals surface area contributed by atoms with Crippen molar-refractivity contribution in [2.45, 2.75) is 18.7 Å². The molecule has 2 aromatic carbocycles. The predicted octanol–water partition coefficient (Wildman–Crippen LogP) is 3.31. The van der Waals surface area contributed by atoms with Gasteiger partial charge in [-0.2, -0.15) is 0 Å². The molecule has 0 aliphatic carbocycles. The Kier molecular flexibility index (Phi) is 6.02. The number of morpholine rings is 1. The summed E-state index contributed by atoms with van der Waals surface area (Å²) in [5, 5.41) is 3.58. The molecule has 0 bridgehead atoms. The summed E-state index contributed by atoms with van der Waals surface area (Å²) >= 11 is 0. The summed E-state index contributed by atoms with van der Waals surface area (Å²) in [5.74, 6) is -0.641. The highest BCUT2D eigenvalue weighted by Crippen LogP contribution is 2.28. The summed E-state index contributed by atoms with van der Waals surface area (Å²) < 4.78 is 35.0. The lowest BCUT2D eigenvalue weighted by molar-refractivity contribution is 0.0913. The summed E-state index contributed by atoms with van der Waals surface area (Å²) in [6.07, 6.45) is 1.15. The zero-order chi connectivity index (χ0) is 22.0. The van der Waals surface area contributed by atoms with E-state index in [9.17, 15) is 13.2 Å². The topological polar surface area (TPSA) is 88.8 Å². The van der Waals surface area contributed by atoms with Crippen LogP contribution in [0.25, 0.3) is 11.0 Å². The average Bonchev–Trinajstić information content (AvgIpc) is 3.11. The minimum absolute atomic E-state index is 0.0448. The molecular weight excluding hydrogens is 416 g/mol. The van der Waals surface area contributed by atoms with E-state index >= 15 is 0 Å². The van der Waals surface area contributed by atoms with Crippen molar-refractivity contribution in [3.63, 3.8) is 0 Å². The van der Waals surface area contributed by atoms with Gasteiger partial charge in [0.15, 0.2) is 15.6 Å². The van der Waals surface area contributed by atoms with Crippen molar-refractivity contribution in [2.75, 3.05) is 37.5 Å². The lowest BCUT2D eigenvalue weighted by Crippen LogP contribution is -2.36. The lowest BCUT2D eigenvalue weighted by Gasteiger charge is -2.29. The molecule has 1 aliphatic rings. The number of hydrogen-bond donors (Lipinski definition) is 1. The van der Waals surface area contributed by atoms with Gasteiger partial charge in [0.05, 0.1) is 25.0 Å². The SMILES string of the molecule is CC(NC(=O)c1oc2ccccc2c1CS(C)(=O)=O)c1ccc(N2CCOCC2)cc1. The van der Waals surface area contributed by atoms with Crippen molar-refractivity contribution in [1.82, 2.24) is 5.32 Å². The zero-order valence-corrected chi connectivity index (χ0v) is 18.4. The van der Waals surface area contributed by atoms with E-state index in [1.807, 2.05) is 31.2 Å². The van der Waals surface area contributed by atoms with Crippen LogP contribution in [0.2, 0.25) is 0 Å². The third kappa shape index (κ3) is 4.91. The van der Waals surface area contributed by atoms with Gasteiger partial charge in [0, 0.05) is 36.0 Å². The highest BCUT2D eigenvalue weighted by Gasteiger charge is 2.24. The number of benzene rings is 2. The van der Waals surface area contributed by atoms with E-state index in [0.717, 1.165) is 43.8 Å². The van der Waals surface area contributed by atoms with Crippen LogP contribution in [-0.2, 0) is 20.3 Å². The Morgan fingerprint density at radius 2 is 1.77 bits per heavy atom. The van der Waals surface area contributed by atoms with Crippen molar-refractivity contribution in [2.24, 2.45) is 0 Å². The minimum atomic E-state index is -3.34. The molecule has 0 radical (unpaired) electrons. The number of carbonyl (C=O) groups excluding carboxylic acids is 1. The number of hydrogen-bond acceptors (Lipinski definition) is 6. The van der Waals surface area contributed by atoms with Crippen molar-refractivity contribution in [1.29, 1.82) is 0 Å². The number of nitrogens with zero attached hydrogens (tertiary/aromatic N) is 1. The highest BCUT2D eigenvalue weighted by molar-refractivity contribution is 7.89. The van der Waals surface area contributed by atoms with Crippen LogP contribution in [0, 0.1) is 0 Å². The zero-order valence-electron chi connectivity index (χ0n) is 17.6. The summed E-state index contributed by atoms with van der Waals surface area (Å²) in [6.45, 7) is 5.06. The third-order valence-electron chi connectivity index (χ3n) is 5.43. The maximum Gasteiger partial charge on any atom is 0.287 e. The van der Waals surface area contributed by atoms with Crippen LogP contribution < -0.4 is 10.2 Å². The number of rotatable bonds is 6. The maximum atomic E-state index is 13.0. The van der Waals surface area contributed by atoms with Crippen LogP contribution >= 0.6 is 0 Å². The normalized spacial score (nSPS) is 15.7. The van der Waals surface area contributed by atoms with E-state index in [1.165, 1.54) is 0 Å². The first kappa shape index (κ1) is 21.4. The van der Waals surface area contributed by atoms with Crippen molar-refractivity contribution < 1.29 is 22.4 Å². The van der Waals surface area contributed by atoms with Gasteiger partial charge in [-0.15, -0.1) is 0 Å². The van der Waals surface area contributed by atoms with Crippen molar-refractivity contribution in [3.8, 4) is 0 Å². The minimum Gasteiger partial charge on any atom is -0.451 e. The van der Waals surface area contributed by atoms with Gasteiger partial charge < -0.3 is 19.4 Å². The quantitative estimate of drug-likeness (QED) is 0.630. The van der Waals surface area contributed by atoms with E-state index in [-0.39, 0.29) is 17.6 Å².